The van der Waals surface area contributed by atoms with Crippen molar-refractivity contribution in [3.63, 3.8) is 0 Å². The van der Waals surface area contributed by atoms with E-state index in [4.69, 9.17) is 5.73 Å². The van der Waals surface area contributed by atoms with Crippen LogP contribution >= 0.6 is 11.3 Å². The van der Waals surface area contributed by atoms with Gasteiger partial charge in [0.25, 0.3) is 0 Å². The minimum atomic E-state index is -0.516. The Kier molecular flexibility index (Phi) is 8.64. The van der Waals surface area contributed by atoms with Crippen LogP contribution in [0, 0.1) is 0 Å². The topological polar surface area (TPSA) is 96.2 Å². The van der Waals surface area contributed by atoms with Gasteiger partial charge in [0.1, 0.15) is 6.04 Å². The molecule has 0 aliphatic rings. The fraction of sp³-hybridized carbons (Fsp3) is 0.103. The summed E-state index contributed by atoms with van der Waals surface area (Å²) in [4.78, 5) is 26.6. The Balaban J connectivity index is 1.42. The standard InChI is InChI=1S/C29H28N4O2S/c30-25-10-4-5-11-26(25)33-27(34)17-14-21-12-15-23(16-13-21)28(31-20-24-9-6-18-36-24)29(35)32-19-22-7-2-1-3-8-22/h1-18,28,31H,19-20,30H2,(H,32,35)(H,33,34)/b17-14+. The second kappa shape index (κ2) is 12.5. The number of carbonyl (C=O) groups excluding carboxylic acids is 2. The van der Waals surface area contributed by atoms with Gasteiger partial charge in [-0.05, 0) is 46.3 Å². The van der Waals surface area contributed by atoms with Gasteiger partial charge in [-0.3, -0.25) is 14.9 Å². The maximum absolute atomic E-state index is 13.1. The summed E-state index contributed by atoms with van der Waals surface area (Å²) >= 11 is 1.65. The predicted molar refractivity (Wildman–Crippen MR) is 147 cm³/mol. The summed E-state index contributed by atoms with van der Waals surface area (Å²) in [5.41, 5.74) is 9.69. The molecular weight excluding hydrogens is 468 g/mol. The van der Waals surface area contributed by atoms with Crippen LogP contribution in [0.25, 0.3) is 6.08 Å². The number of hydrogen-bond donors (Lipinski definition) is 4. The van der Waals surface area contributed by atoms with Crippen LogP contribution in [-0.4, -0.2) is 11.8 Å². The minimum absolute atomic E-state index is 0.0986. The van der Waals surface area contributed by atoms with Gasteiger partial charge in [-0.15, -0.1) is 11.3 Å². The Labute approximate surface area is 214 Å². The lowest BCUT2D eigenvalue weighted by molar-refractivity contribution is -0.123. The van der Waals surface area contributed by atoms with E-state index in [1.54, 1.807) is 29.5 Å². The Morgan fingerprint density at radius 3 is 2.33 bits per heavy atom. The molecule has 6 nitrogen and oxygen atoms in total. The zero-order chi connectivity index (χ0) is 25.2. The first kappa shape index (κ1) is 24.9. The Bertz CT molecular complexity index is 1300. The molecule has 0 aliphatic heterocycles. The van der Waals surface area contributed by atoms with Gasteiger partial charge in [0, 0.05) is 24.0 Å². The second-order valence-corrected chi connectivity index (χ2v) is 9.21. The molecule has 182 valence electrons. The number of benzene rings is 3. The largest absolute Gasteiger partial charge is 0.397 e. The van der Waals surface area contributed by atoms with Crippen LogP contribution < -0.4 is 21.7 Å². The van der Waals surface area contributed by atoms with Crippen molar-refractivity contribution in [2.45, 2.75) is 19.1 Å². The van der Waals surface area contributed by atoms with E-state index in [1.807, 2.05) is 84.2 Å². The molecule has 1 heterocycles. The molecule has 4 aromatic rings. The molecule has 1 aromatic heterocycles. The van der Waals surface area contributed by atoms with Crippen LogP contribution in [0.4, 0.5) is 11.4 Å². The average molecular weight is 497 g/mol. The van der Waals surface area contributed by atoms with Gasteiger partial charge in [-0.1, -0.05) is 72.8 Å². The van der Waals surface area contributed by atoms with E-state index in [0.717, 1.165) is 21.6 Å². The Morgan fingerprint density at radius 2 is 1.61 bits per heavy atom. The lowest BCUT2D eigenvalue weighted by atomic mass is 10.0. The number of para-hydroxylation sites is 2. The van der Waals surface area contributed by atoms with Crippen molar-refractivity contribution in [3.8, 4) is 0 Å². The molecular formula is C29H28N4O2S. The van der Waals surface area contributed by atoms with E-state index in [9.17, 15) is 9.59 Å². The zero-order valence-electron chi connectivity index (χ0n) is 19.7. The lowest BCUT2D eigenvalue weighted by Crippen LogP contribution is -2.37. The first-order valence-electron chi connectivity index (χ1n) is 11.6. The molecule has 7 heteroatoms. The molecule has 0 bridgehead atoms. The van der Waals surface area contributed by atoms with Gasteiger partial charge in [-0.2, -0.15) is 0 Å². The van der Waals surface area contributed by atoms with Crippen molar-refractivity contribution in [3.05, 3.63) is 124 Å². The van der Waals surface area contributed by atoms with Gasteiger partial charge in [0.05, 0.1) is 11.4 Å². The van der Waals surface area contributed by atoms with Crippen molar-refractivity contribution in [2.75, 3.05) is 11.1 Å². The number of nitrogen functional groups attached to an aromatic ring is 1. The van der Waals surface area contributed by atoms with Crippen LogP contribution in [0.1, 0.15) is 27.6 Å². The molecule has 0 fully saturated rings. The van der Waals surface area contributed by atoms with Gasteiger partial charge in [0.15, 0.2) is 0 Å². The van der Waals surface area contributed by atoms with Crippen LogP contribution in [-0.2, 0) is 22.7 Å². The molecule has 3 aromatic carbocycles. The number of anilines is 2. The summed E-state index contributed by atoms with van der Waals surface area (Å²) in [6.07, 6.45) is 3.18. The highest BCUT2D eigenvalue weighted by molar-refractivity contribution is 7.09. The zero-order valence-corrected chi connectivity index (χ0v) is 20.5. The summed E-state index contributed by atoms with van der Waals surface area (Å²) in [6.45, 7) is 1.05. The summed E-state index contributed by atoms with van der Waals surface area (Å²) in [6, 6.07) is 28.0. The molecule has 0 saturated heterocycles. The Hall–Kier alpha value is -4.20. The highest BCUT2D eigenvalue weighted by Crippen LogP contribution is 2.19. The number of hydrogen-bond acceptors (Lipinski definition) is 5. The summed E-state index contributed by atoms with van der Waals surface area (Å²) in [5.74, 6) is -0.369. The number of rotatable bonds is 10. The molecule has 0 aliphatic carbocycles. The normalized spacial score (nSPS) is 11.8. The maximum Gasteiger partial charge on any atom is 0.248 e. The van der Waals surface area contributed by atoms with E-state index in [1.165, 1.54) is 6.08 Å². The van der Waals surface area contributed by atoms with Crippen LogP contribution in [0.15, 0.2) is 102 Å². The SMILES string of the molecule is Nc1ccccc1NC(=O)/C=C/c1ccc(C(NCc2cccs2)C(=O)NCc2ccccc2)cc1. The van der Waals surface area contributed by atoms with Gasteiger partial charge < -0.3 is 16.4 Å². The highest BCUT2D eigenvalue weighted by Gasteiger charge is 2.20. The summed E-state index contributed by atoms with van der Waals surface area (Å²) < 4.78 is 0. The van der Waals surface area contributed by atoms with E-state index < -0.39 is 6.04 Å². The number of nitrogens with one attached hydrogen (secondary N) is 3. The third kappa shape index (κ3) is 7.15. The first-order valence-corrected chi connectivity index (χ1v) is 12.5. The van der Waals surface area contributed by atoms with Crippen molar-refractivity contribution in [1.82, 2.24) is 10.6 Å². The third-order valence-electron chi connectivity index (χ3n) is 5.55. The molecule has 0 saturated carbocycles. The minimum Gasteiger partial charge on any atom is -0.397 e. The van der Waals surface area contributed by atoms with E-state index in [2.05, 4.69) is 16.0 Å². The second-order valence-electron chi connectivity index (χ2n) is 8.17. The van der Waals surface area contributed by atoms with Crippen molar-refractivity contribution in [2.24, 2.45) is 0 Å². The van der Waals surface area contributed by atoms with E-state index >= 15 is 0 Å². The third-order valence-corrected chi connectivity index (χ3v) is 6.42. The fourth-order valence-electron chi connectivity index (χ4n) is 3.62. The summed E-state index contributed by atoms with van der Waals surface area (Å²) in [5, 5.41) is 11.2. The number of thiophene rings is 1. The highest BCUT2D eigenvalue weighted by atomic mass is 32.1. The molecule has 1 unspecified atom stereocenters. The molecule has 5 N–H and O–H groups in total. The van der Waals surface area contributed by atoms with Gasteiger partial charge >= 0.3 is 0 Å². The predicted octanol–water partition coefficient (Wildman–Crippen LogP) is 5.13. The van der Waals surface area contributed by atoms with Crippen LogP contribution in [0.5, 0.6) is 0 Å². The van der Waals surface area contributed by atoms with Gasteiger partial charge in [0.2, 0.25) is 11.8 Å². The number of carbonyl (C=O) groups is 2. The van der Waals surface area contributed by atoms with Crippen molar-refractivity contribution in [1.29, 1.82) is 0 Å². The molecule has 1 atom stereocenters. The summed E-state index contributed by atoms with van der Waals surface area (Å²) in [7, 11) is 0. The molecule has 0 spiro atoms. The molecule has 0 radical (unpaired) electrons. The van der Waals surface area contributed by atoms with Crippen molar-refractivity contribution < 1.29 is 9.59 Å². The Morgan fingerprint density at radius 1 is 0.861 bits per heavy atom. The maximum atomic E-state index is 13.1. The number of nitrogens with two attached hydrogens (primary N) is 1. The number of amides is 2. The molecule has 2 amide bonds. The fourth-order valence-corrected chi connectivity index (χ4v) is 4.28. The average Bonchev–Trinajstić information content (AvgIpc) is 3.43. The van der Waals surface area contributed by atoms with E-state index in [0.29, 0.717) is 24.5 Å². The first-order chi connectivity index (χ1) is 17.6. The lowest BCUT2D eigenvalue weighted by Gasteiger charge is -2.19. The van der Waals surface area contributed by atoms with Crippen LogP contribution in [0.2, 0.25) is 0 Å². The van der Waals surface area contributed by atoms with Gasteiger partial charge in [-0.25, -0.2) is 0 Å². The molecule has 36 heavy (non-hydrogen) atoms. The molecule has 4 rings (SSSR count). The van der Waals surface area contributed by atoms with Crippen molar-refractivity contribution >= 4 is 40.6 Å². The van der Waals surface area contributed by atoms with Crippen LogP contribution in [0.3, 0.4) is 0 Å². The quantitative estimate of drug-likeness (QED) is 0.181. The monoisotopic (exact) mass is 496 g/mol. The van der Waals surface area contributed by atoms with E-state index in [-0.39, 0.29) is 11.8 Å². The smallest absolute Gasteiger partial charge is 0.248 e.